The van der Waals surface area contributed by atoms with Crippen LogP contribution in [0.4, 0.5) is 5.69 Å². The van der Waals surface area contributed by atoms with Gasteiger partial charge in [-0.3, -0.25) is 24.5 Å². The van der Waals surface area contributed by atoms with Crippen LogP contribution in [0.1, 0.15) is 11.1 Å². The minimum absolute atomic E-state index is 0.125. The van der Waals surface area contributed by atoms with Crippen molar-refractivity contribution in [3.63, 3.8) is 0 Å². The molecule has 29 heavy (non-hydrogen) atoms. The number of benzene rings is 2. The number of nitro groups is 1. The molecule has 0 bridgehead atoms. The number of nitrogens with one attached hydrogen (secondary N) is 2. The summed E-state index contributed by atoms with van der Waals surface area (Å²) >= 11 is 0. The fraction of sp³-hybridized carbons (Fsp3) is 0.105. The Morgan fingerprint density at radius 3 is 2.55 bits per heavy atom. The molecule has 2 aromatic carbocycles. The second-order valence-corrected chi connectivity index (χ2v) is 6.56. The van der Waals surface area contributed by atoms with E-state index in [0.717, 1.165) is 10.9 Å². The molecule has 0 atom stereocenters. The standard InChI is InChI=1S/C19H14N4O6/c24-16(25)6-10-8-22(15-4-2-1-3-13(10)15)9-11-5-12(23(28)29)7-14-17(11)21-19(27)18(26)20-14/h1-5,7-8H,6,9H2,(H,20,26)(H,21,27)(H,24,25). The summed E-state index contributed by atoms with van der Waals surface area (Å²) in [5.41, 5.74) is 0.164. The average molecular weight is 394 g/mol. The Morgan fingerprint density at radius 2 is 1.83 bits per heavy atom. The highest BCUT2D eigenvalue weighted by Gasteiger charge is 2.16. The van der Waals surface area contributed by atoms with Gasteiger partial charge in [0.15, 0.2) is 0 Å². The molecule has 2 aromatic heterocycles. The predicted octanol–water partition coefficient (Wildman–Crippen LogP) is 1.75. The van der Waals surface area contributed by atoms with Crippen LogP contribution in [0.25, 0.3) is 21.9 Å². The molecule has 0 aliphatic heterocycles. The van der Waals surface area contributed by atoms with Crippen LogP contribution < -0.4 is 11.1 Å². The van der Waals surface area contributed by atoms with Crippen LogP contribution in [0.15, 0.2) is 52.2 Å². The van der Waals surface area contributed by atoms with E-state index in [4.69, 9.17) is 5.11 Å². The molecule has 2 heterocycles. The van der Waals surface area contributed by atoms with E-state index in [2.05, 4.69) is 9.97 Å². The maximum absolute atomic E-state index is 11.8. The third-order valence-corrected chi connectivity index (χ3v) is 4.66. The molecular weight excluding hydrogens is 380 g/mol. The minimum Gasteiger partial charge on any atom is -0.481 e. The SMILES string of the molecule is O=C(O)Cc1cn(Cc2cc([N+](=O)[O-])cc3[nH]c(=O)c(=O)[nH]c23)c2ccccc12. The second-order valence-electron chi connectivity index (χ2n) is 6.56. The Morgan fingerprint density at radius 1 is 1.10 bits per heavy atom. The zero-order valence-corrected chi connectivity index (χ0v) is 14.8. The van der Waals surface area contributed by atoms with E-state index >= 15 is 0 Å². The van der Waals surface area contributed by atoms with Crippen LogP contribution in [0, 0.1) is 10.1 Å². The fourth-order valence-electron chi connectivity index (χ4n) is 3.45. The molecular formula is C19H14N4O6. The minimum atomic E-state index is -0.976. The number of H-pyrrole nitrogens is 2. The third-order valence-electron chi connectivity index (χ3n) is 4.66. The van der Waals surface area contributed by atoms with Gasteiger partial charge in [-0.05, 0) is 11.6 Å². The summed E-state index contributed by atoms with van der Waals surface area (Å²) in [7, 11) is 0. The summed E-state index contributed by atoms with van der Waals surface area (Å²) in [6, 6.07) is 9.71. The lowest BCUT2D eigenvalue weighted by molar-refractivity contribution is -0.384. The number of aromatic amines is 2. The number of para-hydroxylation sites is 1. The van der Waals surface area contributed by atoms with Crippen molar-refractivity contribution >= 4 is 33.6 Å². The van der Waals surface area contributed by atoms with Crippen LogP contribution in [-0.2, 0) is 17.8 Å². The quantitative estimate of drug-likeness (QED) is 0.266. The average Bonchev–Trinajstić information content (AvgIpc) is 3.00. The zero-order valence-electron chi connectivity index (χ0n) is 14.8. The summed E-state index contributed by atoms with van der Waals surface area (Å²) in [4.78, 5) is 50.2. The maximum Gasteiger partial charge on any atom is 0.314 e. The Hall–Kier alpha value is -4.21. The van der Waals surface area contributed by atoms with Gasteiger partial charge in [0, 0.05) is 41.3 Å². The van der Waals surface area contributed by atoms with Crippen molar-refractivity contribution in [3.05, 3.63) is 84.5 Å². The molecule has 0 aliphatic carbocycles. The number of non-ortho nitro benzene ring substituents is 1. The maximum atomic E-state index is 11.8. The van der Waals surface area contributed by atoms with Gasteiger partial charge in [-0.1, -0.05) is 18.2 Å². The molecule has 0 saturated heterocycles. The molecule has 0 unspecified atom stereocenters. The molecule has 10 nitrogen and oxygen atoms in total. The second kappa shape index (κ2) is 6.75. The van der Waals surface area contributed by atoms with Crippen molar-refractivity contribution in [2.24, 2.45) is 0 Å². The van der Waals surface area contributed by atoms with Gasteiger partial charge in [0.2, 0.25) is 0 Å². The van der Waals surface area contributed by atoms with E-state index in [1.807, 2.05) is 6.07 Å². The van der Waals surface area contributed by atoms with E-state index < -0.39 is 22.0 Å². The van der Waals surface area contributed by atoms with E-state index in [1.165, 1.54) is 12.1 Å². The summed E-state index contributed by atoms with van der Waals surface area (Å²) in [5, 5.41) is 21.2. The number of carbonyl (C=O) groups is 1. The number of carboxylic acids is 1. The van der Waals surface area contributed by atoms with Crippen molar-refractivity contribution < 1.29 is 14.8 Å². The lowest BCUT2D eigenvalue weighted by atomic mass is 10.1. The molecule has 4 aromatic rings. The first-order valence-corrected chi connectivity index (χ1v) is 8.55. The van der Waals surface area contributed by atoms with Crippen LogP contribution in [0.3, 0.4) is 0 Å². The lowest BCUT2D eigenvalue weighted by Crippen LogP contribution is -2.29. The molecule has 10 heteroatoms. The van der Waals surface area contributed by atoms with Gasteiger partial charge >= 0.3 is 17.1 Å². The number of nitro benzene ring substituents is 1. The van der Waals surface area contributed by atoms with E-state index in [-0.39, 0.29) is 29.7 Å². The monoisotopic (exact) mass is 394 g/mol. The Balaban J connectivity index is 1.93. The van der Waals surface area contributed by atoms with E-state index in [0.29, 0.717) is 11.1 Å². The summed E-state index contributed by atoms with van der Waals surface area (Å²) in [6.45, 7) is 0.125. The number of rotatable bonds is 5. The zero-order chi connectivity index (χ0) is 20.7. The number of carboxylic acid groups (broad SMARTS) is 1. The topological polar surface area (TPSA) is 151 Å². The van der Waals surface area contributed by atoms with Crippen molar-refractivity contribution in [3.8, 4) is 0 Å². The number of hydrogen-bond acceptors (Lipinski definition) is 5. The van der Waals surface area contributed by atoms with Crippen molar-refractivity contribution in [2.45, 2.75) is 13.0 Å². The Bertz CT molecular complexity index is 1410. The normalized spacial score (nSPS) is 11.2. The smallest absolute Gasteiger partial charge is 0.314 e. The predicted molar refractivity (Wildman–Crippen MR) is 104 cm³/mol. The molecule has 0 fully saturated rings. The van der Waals surface area contributed by atoms with Gasteiger partial charge in [-0.15, -0.1) is 0 Å². The Labute approximate surface area is 161 Å². The first-order chi connectivity index (χ1) is 13.8. The van der Waals surface area contributed by atoms with Gasteiger partial charge in [-0.2, -0.15) is 0 Å². The lowest BCUT2D eigenvalue weighted by Gasteiger charge is -2.09. The van der Waals surface area contributed by atoms with E-state index in [1.54, 1.807) is 29.0 Å². The highest BCUT2D eigenvalue weighted by Crippen LogP contribution is 2.26. The first-order valence-electron chi connectivity index (χ1n) is 8.55. The molecule has 0 aliphatic rings. The van der Waals surface area contributed by atoms with Gasteiger partial charge < -0.3 is 19.6 Å². The van der Waals surface area contributed by atoms with Crippen LogP contribution in [-0.4, -0.2) is 30.5 Å². The number of hydrogen-bond donors (Lipinski definition) is 3. The number of nitrogens with zero attached hydrogens (tertiary/aromatic N) is 2. The molecule has 0 saturated carbocycles. The molecule has 4 rings (SSSR count). The summed E-state index contributed by atoms with van der Waals surface area (Å²) in [6.07, 6.45) is 1.50. The third kappa shape index (κ3) is 3.27. The molecule has 0 spiro atoms. The van der Waals surface area contributed by atoms with Crippen LogP contribution in [0.5, 0.6) is 0 Å². The van der Waals surface area contributed by atoms with Gasteiger partial charge in [0.1, 0.15) is 0 Å². The van der Waals surface area contributed by atoms with Gasteiger partial charge in [-0.25, -0.2) is 0 Å². The number of fused-ring (bicyclic) bond motifs is 2. The van der Waals surface area contributed by atoms with Crippen LogP contribution >= 0.6 is 0 Å². The molecule has 3 N–H and O–H groups in total. The molecule has 146 valence electrons. The summed E-state index contributed by atoms with van der Waals surface area (Å²) in [5.74, 6) is -0.976. The highest BCUT2D eigenvalue weighted by atomic mass is 16.6. The van der Waals surface area contributed by atoms with Gasteiger partial charge in [0.25, 0.3) is 5.69 Å². The highest BCUT2D eigenvalue weighted by molar-refractivity contribution is 5.88. The first kappa shape index (κ1) is 18.2. The largest absolute Gasteiger partial charge is 0.481 e. The summed E-state index contributed by atoms with van der Waals surface area (Å²) < 4.78 is 1.76. The fourth-order valence-corrected chi connectivity index (χ4v) is 3.45. The number of aliphatic carboxylic acids is 1. The Kier molecular flexibility index (Phi) is 4.23. The van der Waals surface area contributed by atoms with Crippen molar-refractivity contribution in [1.29, 1.82) is 0 Å². The van der Waals surface area contributed by atoms with Crippen LogP contribution in [0.2, 0.25) is 0 Å². The van der Waals surface area contributed by atoms with Crippen molar-refractivity contribution in [1.82, 2.24) is 14.5 Å². The number of aromatic nitrogens is 3. The van der Waals surface area contributed by atoms with Gasteiger partial charge in [0.05, 0.1) is 22.4 Å². The molecule has 0 amide bonds. The van der Waals surface area contributed by atoms with Crippen molar-refractivity contribution in [2.75, 3.05) is 0 Å². The molecule has 0 radical (unpaired) electrons. The van der Waals surface area contributed by atoms with E-state index in [9.17, 15) is 24.5 Å².